The standard InChI is InChI=1S/C6H7NO2/c1-2-3-4-5(8)6(7)9/h2,4H,1H3,(H2,7,9). The molecule has 0 aromatic heterocycles. The number of carbonyl (C=O) groups excluding carboxylic acids is 2. The summed E-state index contributed by atoms with van der Waals surface area (Å²) in [6, 6.07) is 0. The molecule has 2 N–H and O–H groups in total. The molecule has 0 saturated heterocycles. The predicted molar refractivity (Wildman–Crippen MR) is 32.5 cm³/mol. The van der Waals surface area contributed by atoms with E-state index in [-0.39, 0.29) is 0 Å². The highest BCUT2D eigenvalue weighted by Gasteiger charge is 2.00. The first kappa shape index (κ1) is 7.66. The Morgan fingerprint density at radius 1 is 1.56 bits per heavy atom. The van der Waals surface area contributed by atoms with Crippen molar-refractivity contribution in [1.82, 2.24) is 0 Å². The topological polar surface area (TPSA) is 60.2 Å². The maximum absolute atomic E-state index is 10.3. The Labute approximate surface area is 52.8 Å². The molecule has 0 aliphatic rings. The van der Waals surface area contributed by atoms with Crippen LogP contribution in [0, 0.1) is 0 Å². The van der Waals surface area contributed by atoms with Gasteiger partial charge >= 0.3 is 0 Å². The van der Waals surface area contributed by atoms with Gasteiger partial charge in [0.1, 0.15) is 0 Å². The first-order chi connectivity index (χ1) is 4.18. The van der Waals surface area contributed by atoms with Gasteiger partial charge in [-0.3, -0.25) is 9.59 Å². The van der Waals surface area contributed by atoms with Crippen molar-refractivity contribution in [2.45, 2.75) is 6.92 Å². The maximum Gasteiger partial charge on any atom is 0.289 e. The number of nitrogens with two attached hydrogens (primary N) is 1. The van der Waals surface area contributed by atoms with Gasteiger partial charge in [0, 0.05) is 6.08 Å². The van der Waals surface area contributed by atoms with Gasteiger partial charge in [-0.2, -0.15) is 0 Å². The summed E-state index contributed by atoms with van der Waals surface area (Å²) in [5.74, 6) is -1.68. The zero-order valence-corrected chi connectivity index (χ0v) is 5.05. The molecule has 3 heteroatoms. The van der Waals surface area contributed by atoms with E-state index in [0.717, 1.165) is 6.08 Å². The van der Waals surface area contributed by atoms with Gasteiger partial charge in [0.05, 0.1) is 0 Å². The highest BCUT2D eigenvalue weighted by molar-refractivity contribution is 6.40. The van der Waals surface area contributed by atoms with Crippen molar-refractivity contribution in [1.29, 1.82) is 0 Å². The van der Waals surface area contributed by atoms with Crippen LogP contribution in [-0.4, -0.2) is 11.7 Å². The average Bonchev–Trinajstić information content (AvgIpc) is 1.82. The molecule has 0 aromatic carbocycles. The monoisotopic (exact) mass is 125 g/mol. The lowest BCUT2D eigenvalue weighted by molar-refractivity contribution is -0.133. The normalized spacial score (nSPS) is 7.22. The lowest BCUT2D eigenvalue weighted by atomic mass is 10.3. The SMILES string of the molecule is CC=C=CC(=O)C(N)=O. The number of ketones is 1. The Bertz CT molecular complexity index is 187. The Hall–Kier alpha value is -1.34. The van der Waals surface area contributed by atoms with E-state index in [1.165, 1.54) is 6.08 Å². The highest BCUT2D eigenvalue weighted by atomic mass is 16.2. The summed E-state index contributed by atoms with van der Waals surface area (Å²) in [5.41, 5.74) is 7.03. The summed E-state index contributed by atoms with van der Waals surface area (Å²) in [7, 11) is 0. The molecule has 0 atom stereocenters. The molecule has 0 heterocycles. The minimum atomic E-state index is -0.954. The Morgan fingerprint density at radius 3 is 2.44 bits per heavy atom. The van der Waals surface area contributed by atoms with Gasteiger partial charge in [-0.15, -0.1) is 5.73 Å². The van der Waals surface area contributed by atoms with E-state index in [0.29, 0.717) is 0 Å². The minimum Gasteiger partial charge on any atom is -0.363 e. The fraction of sp³-hybridized carbons (Fsp3) is 0.167. The average molecular weight is 125 g/mol. The van der Waals surface area contributed by atoms with Crippen molar-refractivity contribution in [3.05, 3.63) is 17.9 Å². The molecule has 0 radical (unpaired) electrons. The first-order valence-corrected chi connectivity index (χ1v) is 2.39. The number of primary amides is 1. The van der Waals surface area contributed by atoms with Crippen molar-refractivity contribution in [3.8, 4) is 0 Å². The van der Waals surface area contributed by atoms with Crippen molar-refractivity contribution in [3.63, 3.8) is 0 Å². The molecule has 1 amide bonds. The van der Waals surface area contributed by atoms with E-state index in [1.807, 2.05) is 0 Å². The van der Waals surface area contributed by atoms with Crippen molar-refractivity contribution < 1.29 is 9.59 Å². The molecule has 0 aliphatic heterocycles. The van der Waals surface area contributed by atoms with Crippen LogP contribution in [0.25, 0.3) is 0 Å². The summed E-state index contributed by atoms with van der Waals surface area (Å²) < 4.78 is 0. The largest absolute Gasteiger partial charge is 0.363 e. The first-order valence-electron chi connectivity index (χ1n) is 2.39. The molecule has 0 unspecified atom stereocenters. The molecule has 9 heavy (non-hydrogen) atoms. The number of hydrogen-bond donors (Lipinski definition) is 1. The zero-order chi connectivity index (χ0) is 7.28. The zero-order valence-electron chi connectivity index (χ0n) is 5.05. The maximum atomic E-state index is 10.3. The van der Waals surface area contributed by atoms with E-state index in [9.17, 15) is 9.59 Å². The van der Waals surface area contributed by atoms with E-state index < -0.39 is 11.7 Å². The summed E-state index contributed by atoms with van der Waals surface area (Å²) in [6.07, 6.45) is 2.52. The third-order valence-electron chi connectivity index (χ3n) is 0.624. The number of hydrogen-bond acceptors (Lipinski definition) is 2. The summed E-state index contributed by atoms with van der Waals surface area (Å²) in [4.78, 5) is 20.3. The fourth-order valence-corrected chi connectivity index (χ4v) is 0.230. The molecular formula is C6H7NO2. The Morgan fingerprint density at radius 2 is 2.11 bits per heavy atom. The van der Waals surface area contributed by atoms with E-state index in [4.69, 9.17) is 0 Å². The molecule has 0 bridgehead atoms. The fourth-order valence-electron chi connectivity index (χ4n) is 0.230. The highest BCUT2D eigenvalue weighted by Crippen LogP contribution is 1.70. The van der Waals surface area contributed by atoms with Crippen LogP contribution in [0.2, 0.25) is 0 Å². The molecule has 0 spiro atoms. The van der Waals surface area contributed by atoms with Crippen LogP contribution in [0.15, 0.2) is 17.9 Å². The van der Waals surface area contributed by atoms with Crippen LogP contribution < -0.4 is 5.73 Å². The Kier molecular flexibility index (Phi) is 3.09. The summed E-state index contributed by atoms with van der Waals surface area (Å²) in [6.45, 7) is 1.69. The molecule has 0 aromatic rings. The van der Waals surface area contributed by atoms with Gasteiger partial charge in [-0.25, -0.2) is 0 Å². The second-order valence-corrected chi connectivity index (χ2v) is 1.33. The van der Waals surface area contributed by atoms with Gasteiger partial charge in [0.2, 0.25) is 5.78 Å². The van der Waals surface area contributed by atoms with Crippen LogP contribution in [0.1, 0.15) is 6.92 Å². The summed E-state index contributed by atoms with van der Waals surface area (Å²) >= 11 is 0. The molecule has 3 nitrogen and oxygen atoms in total. The van der Waals surface area contributed by atoms with Crippen molar-refractivity contribution >= 4 is 11.7 Å². The molecule has 0 rings (SSSR count). The van der Waals surface area contributed by atoms with E-state index in [2.05, 4.69) is 11.5 Å². The molecule has 0 saturated carbocycles. The third kappa shape index (κ3) is 3.26. The minimum absolute atomic E-state index is 0.729. The smallest absolute Gasteiger partial charge is 0.289 e. The van der Waals surface area contributed by atoms with Crippen molar-refractivity contribution in [2.24, 2.45) is 5.73 Å². The lowest BCUT2D eigenvalue weighted by Crippen LogP contribution is -2.20. The van der Waals surface area contributed by atoms with Crippen LogP contribution in [0.5, 0.6) is 0 Å². The molecular weight excluding hydrogens is 118 g/mol. The summed E-state index contributed by atoms with van der Waals surface area (Å²) in [5, 5.41) is 0. The predicted octanol–water partition coefficient (Wildman–Crippen LogP) is -0.228. The number of rotatable bonds is 2. The molecule has 48 valence electrons. The van der Waals surface area contributed by atoms with Gasteiger partial charge in [-0.05, 0) is 13.0 Å². The van der Waals surface area contributed by atoms with Crippen molar-refractivity contribution in [2.75, 3.05) is 0 Å². The second-order valence-electron chi connectivity index (χ2n) is 1.33. The van der Waals surface area contributed by atoms with Gasteiger partial charge in [0.15, 0.2) is 0 Å². The van der Waals surface area contributed by atoms with Crippen LogP contribution in [0.4, 0.5) is 0 Å². The van der Waals surface area contributed by atoms with Gasteiger partial charge in [-0.1, -0.05) is 0 Å². The van der Waals surface area contributed by atoms with Crippen LogP contribution in [0.3, 0.4) is 0 Å². The molecule has 0 fully saturated rings. The van der Waals surface area contributed by atoms with Crippen LogP contribution in [-0.2, 0) is 9.59 Å². The number of amides is 1. The second kappa shape index (κ2) is 3.64. The third-order valence-corrected chi connectivity index (χ3v) is 0.624. The van der Waals surface area contributed by atoms with Crippen LogP contribution >= 0.6 is 0 Å². The lowest BCUT2D eigenvalue weighted by Gasteiger charge is -1.77. The number of carbonyl (C=O) groups is 2. The quantitative estimate of drug-likeness (QED) is 0.315. The van der Waals surface area contributed by atoms with E-state index >= 15 is 0 Å². The molecule has 0 aliphatic carbocycles. The van der Waals surface area contributed by atoms with Gasteiger partial charge in [0.25, 0.3) is 5.91 Å². The Balaban J connectivity index is 4.09. The van der Waals surface area contributed by atoms with E-state index in [1.54, 1.807) is 6.92 Å². The van der Waals surface area contributed by atoms with Gasteiger partial charge < -0.3 is 5.73 Å².